The summed E-state index contributed by atoms with van der Waals surface area (Å²) in [6.07, 6.45) is 1.28. The number of benzene rings is 3. The Labute approximate surface area is 205 Å². The SMILES string of the molecule is Cc1ccc(-c2ccc(CCC(=O)NCc3ccc(F)cc3)n2-c2ccc(CC#N)cc2)c(C)c1. The molecule has 0 spiro atoms. The highest BCUT2D eigenvalue weighted by Crippen LogP contribution is 2.30. The minimum atomic E-state index is -0.291. The van der Waals surface area contributed by atoms with Gasteiger partial charge in [-0.2, -0.15) is 5.26 Å². The van der Waals surface area contributed by atoms with Crippen molar-refractivity contribution in [1.29, 1.82) is 5.26 Å². The second kappa shape index (κ2) is 10.8. The van der Waals surface area contributed by atoms with Crippen LogP contribution in [0, 0.1) is 31.0 Å². The summed E-state index contributed by atoms with van der Waals surface area (Å²) in [6.45, 7) is 4.56. The molecule has 4 aromatic rings. The Balaban J connectivity index is 1.57. The van der Waals surface area contributed by atoms with Crippen LogP contribution in [0.5, 0.6) is 0 Å². The number of nitriles is 1. The summed E-state index contributed by atoms with van der Waals surface area (Å²) in [6, 6.07) is 26.9. The standard InChI is InChI=1S/C30H28FN3O/c1-21-3-14-28(22(2)19-21)29-15-12-27(34(29)26-10-6-23(7-11-26)17-18-32)13-16-30(35)33-20-24-4-8-25(31)9-5-24/h3-12,14-15,19H,13,16-17,20H2,1-2H3,(H,33,35). The van der Waals surface area contributed by atoms with Crippen LogP contribution in [0.1, 0.15) is 34.4 Å². The molecule has 0 saturated carbocycles. The fraction of sp³-hybridized carbons (Fsp3) is 0.200. The molecule has 3 aromatic carbocycles. The third-order valence-corrected chi connectivity index (χ3v) is 6.11. The molecule has 35 heavy (non-hydrogen) atoms. The Morgan fingerprint density at radius 1 is 0.943 bits per heavy atom. The van der Waals surface area contributed by atoms with E-state index in [1.807, 2.05) is 24.3 Å². The lowest BCUT2D eigenvalue weighted by atomic mass is 10.0. The van der Waals surface area contributed by atoms with Crippen LogP contribution in [0.15, 0.2) is 78.9 Å². The molecule has 1 heterocycles. The van der Waals surface area contributed by atoms with Gasteiger partial charge >= 0.3 is 0 Å². The van der Waals surface area contributed by atoms with E-state index in [1.165, 1.54) is 23.3 Å². The van der Waals surface area contributed by atoms with Gasteiger partial charge in [-0.25, -0.2) is 4.39 Å². The number of carbonyl (C=O) groups is 1. The third kappa shape index (κ3) is 5.85. The molecule has 0 aliphatic rings. The molecule has 0 aliphatic carbocycles. The van der Waals surface area contributed by atoms with Gasteiger partial charge < -0.3 is 9.88 Å². The Morgan fingerprint density at radius 3 is 2.34 bits per heavy atom. The van der Waals surface area contributed by atoms with Gasteiger partial charge in [0, 0.05) is 29.9 Å². The van der Waals surface area contributed by atoms with Crippen LogP contribution in [0.2, 0.25) is 0 Å². The molecule has 4 nitrogen and oxygen atoms in total. The highest BCUT2D eigenvalue weighted by atomic mass is 19.1. The van der Waals surface area contributed by atoms with Crippen molar-refractivity contribution in [2.75, 3.05) is 0 Å². The third-order valence-electron chi connectivity index (χ3n) is 6.11. The number of rotatable bonds is 8. The van der Waals surface area contributed by atoms with Gasteiger partial charge in [0.25, 0.3) is 0 Å². The number of aryl methyl sites for hydroxylation is 3. The van der Waals surface area contributed by atoms with E-state index in [0.717, 1.165) is 33.8 Å². The first kappa shape index (κ1) is 24.0. The summed E-state index contributed by atoms with van der Waals surface area (Å²) in [4.78, 5) is 12.6. The number of nitrogens with zero attached hydrogens (tertiary/aromatic N) is 2. The van der Waals surface area contributed by atoms with Crippen molar-refractivity contribution >= 4 is 5.91 Å². The molecule has 0 bridgehead atoms. The maximum Gasteiger partial charge on any atom is 0.220 e. The van der Waals surface area contributed by atoms with Crippen molar-refractivity contribution in [3.63, 3.8) is 0 Å². The largest absolute Gasteiger partial charge is 0.352 e. The van der Waals surface area contributed by atoms with Crippen LogP contribution in [0.4, 0.5) is 4.39 Å². The first-order chi connectivity index (χ1) is 16.9. The van der Waals surface area contributed by atoms with E-state index >= 15 is 0 Å². The van der Waals surface area contributed by atoms with Crippen LogP contribution >= 0.6 is 0 Å². The van der Waals surface area contributed by atoms with Gasteiger partial charge in [0.15, 0.2) is 0 Å². The molecular weight excluding hydrogens is 437 g/mol. The fourth-order valence-corrected chi connectivity index (χ4v) is 4.28. The van der Waals surface area contributed by atoms with Crippen molar-refractivity contribution in [2.45, 2.75) is 39.7 Å². The van der Waals surface area contributed by atoms with Gasteiger partial charge in [-0.3, -0.25) is 4.79 Å². The zero-order valence-electron chi connectivity index (χ0n) is 20.0. The summed E-state index contributed by atoms with van der Waals surface area (Å²) in [5, 5.41) is 11.9. The van der Waals surface area contributed by atoms with Gasteiger partial charge in [0.1, 0.15) is 5.82 Å². The van der Waals surface area contributed by atoms with Gasteiger partial charge in [-0.15, -0.1) is 0 Å². The van der Waals surface area contributed by atoms with Crippen LogP contribution in [-0.4, -0.2) is 10.5 Å². The molecule has 0 atom stereocenters. The normalized spacial score (nSPS) is 10.7. The predicted octanol–water partition coefficient (Wildman–Crippen LogP) is 6.22. The first-order valence-electron chi connectivity index (χ1n) is 11.7. The van der Waals surface area contributed by atoms with Crippen molar-refractivity contribution in [3.8, 4) is 23.0 Å². The predicted molar refractivity (Wildman–Crippen MR) is 137 cm³/mol. The zero-order chi connectivity index (χ0) is 24.8. The molecule has 0 radical (unpaired) electrons. The van der Waals surface area contributed by atoms with Crippen molar-refractivity contribution in [1.82, 2.24) is 9.88 Å². The number of amides is 1. The van der Waals surface area contributed by atoms with Crippen LogP contribution in [0.3, 0.4) is 0 Å². The fourth-order valence-electron chi connectivity index (χ4n) is 4.28. The monoisotopic (exact) mass is 465 g/mol. The summed E-state index contributed by atoms with van der Waals surface area (Å²) in [7, 11) is 0. The number of carbonyl (C=O) groups excluding carboxylic acids is 1. The molecule has 1 amide bonds. The topological polar surface area (TPSA) is 57.8 Å². The highest BCUT2D eigenvalue weighted by molar-refractivity contribution is 5.76. The lowest BCUT2D eigenvalue weighted by Crippen LogP contribution is -2.23. The van der Waals surface area contributed by atoms with Gasteiger partial charge in [-0.1, -0.05) is 48.0 Å². The Hall–Kier alpha value is -4.17. The summed E-state index contributed by atoms with van der Waals surface area (Å²) in [5.74, 6) is -0.347. The summed E-state index contributed by atoms with van der Waals surface area (Å²) >= 11 is 0. The average Bonchev–Trinajstić information content (AvgIpc) is 3.26. The van der Waals surface area contributed by atoms with E-state index in [4.69, 9.17) is 5.26 Å². The summed E-state index contributed by atoms with van der Waals surface area (Å²) < 4.78 is 15.3. The van der Waals surface area contributed by atoms with Crippen molar-refractivity contribution < 1.29 is 9.18 Å². The van der Waals surface area contributed by atoms with Gasteiger partial charge in [-0.05, 0) is 73.4 Å². The molecule has 0 fully saturated rings. The van der Waals surface area contributed by atoms with Gasteiger partial charge in [0.05, 0.1) is 18.2 Å². The Morgan fingerprint density at radius 2 is 1.66 bits per heavy atom. The maximum atomic E-state index is 13.1. The van der Waals surface area contributed by atoms with E-state index < -0.39 is 0 Å². The van der Waals surface area contributed by atoms with Gasteiger partial charge in [0.2, 0.25) is 5.91 Å². The van der Waals surface area contributed by atoms with Crippen molar-refractivity contribution in [3.05, 3.63) is 113 Å². The maximum absolute atomic E-state index is 13.1. The average molecular weight is 466 g/mol. The molecule has 0 aliphatic heterocycles. The molecule has 176 valence electrons. The number of hydrogen-bond acceptors (Lipinski definition) is 2. The van der Waals surface area contributed by atoms with Crippen LogP contribution in [-0.2, 0) is 24.2 Å². The minimum Gasteiger partial charge on any atom is -0.352 e. The van der Waals surface area contributed by atoms with Crippen molar-refractivity contribution in [2.24, 2.45) is 0 Å². The van der Waals surface area contributed by atoms with E-state index in [9.17, 15) is 9.18 Å². The second-order valence-corrected chi connectivity index (χ2v) is 8.77. The summed E-state index contributed by atoms with van der Waals surface area (Å²) in [5.41, 5.74) is 8.47. The first-order valence-corrected chi connectivity index (χ1v) is 11.7. The Kier molecular flexibility index (Phi) is 7.42. The zero-order valence-corrected chi connectivity index (χ0v) is 20.0. The molecule has 4 rings (SSSR count). The lowest BCUT2D eigenvalue weighted by molar-refractivity contribution is -0.121. The molecule has 1 aromatic heterocycles. The molecule has 0 saturated heterocycles. The number of halogens is 1. The molecule has 5 heteroatoms. The highest BCUT2D eigenvalue weighted by Gasteiger charge is 2.15. The lowest BCUT2D eigenvalue weighted by Gasteiger charge is -2.16. The number of aromatic nitrogens is 1. The second-order valence-electron chi connectivity index (χ2n) is 8.77. The van der Waals surface area contributed by atoms with E-state index in [0.29, 0.717) is 25.8 Å². The van der Waals surface area contributed by atoms with E-state index in [-0.39, 0.29) is 11.7 Å². The molecular formula is C30H28FN3O. The minimum absolute atomic E-state index is 0.0560. The smallest absolute Gasteiger partial charge is 0.220 e. The Bertz CT molecular complexity index is 1360. The number of hydrogen-bond donors (Lipinski definition) is 1. The van der Waals surface area contributed by atoms with E-state index in [2.05, 4.69) is 60.1 Å². The quantitative estimate of drug-likeness (QED) is 0.336. The molecule has 0 unspecified atom stereocenters. The van der Waals surface area contributed by atoms with Crippen LogP contribution in [0.25, 0.3) is 16.9 Å². The molecule has 1 N–H and O–H groups in total. The number of nitrogens with one attached hydrogen (secondary N) is 1. The van der Waals surface area contributed by atoms with Crippen LogP contribution < -0.4 is 5.32 Å². The van der Waals surface area contributed by atoms with E-state index in [1.54, 1.807) is 12.1 Å².